The normalized spacial score (nSPS) is 12.5. The van der Waals surface area contributed by atoms with Gasteiger partial charge in [0.25, 0.3) is 0 Å². The van der Waals surface area contributed by atoms with E-state index in [4.69, 9.17) is 17.3 Å². The van der Waals surface area contributed by atoms with E-state index in [-0.39, 0.29) is 5.56 Å². The van der Waals surface area contributed by atoms with Gasteiger partial charge in [0.2, 0.25) is 0 Å². The van der Waals surface area contributed by atoms with Gasteiger partial charge < -0.3 is 5.73 Å². The van der Waals surface area contributed by atoms with Crippen molar-refractivity contribution in [2.75, 3.05) is 0 Å². The number of hydrogen-bond acceptors (Lipinski definition) is 1. The zero-order valence-electron chi connectivity index (χ0n) is 10.1. The Balaban J connectivity index is 2.50. The zero-order valence-corrected chi connectivity index (χ0v) is 10.8. The molecule has 0 aliphatic rings. The van der Waals surface area contributed by atoms with Crippen LogP contribution in [0.2, 0.25) is 5.02 Å². The number of hydrogen-bond donors (Lipinski definition) is 1. The van der Waals surface area contributed by atoms with Gasteiger partial charge in [-0.2, -0.15) is 0 Å². The van der Waals surface area contributed by atoms with Crippen LogP contribution < -0.4 is 5.73 Å². The van der Waals surface area contributed by atoms with E-state index in [9.17, 15) is 13.2 Å². The van der Waals surface area contributed by atoms with Crippen molar-refractivity contribution in [3.63, 3.8) is 0 Å². The van der Waals surface area contributed by atoms with Crippen LogP contribution in [0.4, 0.5) is 13.2 Å². The van der Waals surface area contributed by atoms with Gasteiger partial charge in [0.15, 0.2) is 17.5 Å². The van der Waals surface area contributed by atoms with Crippen LogP contribution >= 0.6 is 11.6 Å². The second kappa shape index (κ2) is 5.23. The molecule has 0 heterocycles. The van der Waals surface area contributed by atoms with Gasteiger partial charge in [0, 0.05) is 10.6 Å². The first-order valence-electron chi connectivity index (χ1n) is 5.57. The maximum absolute atomic E-state index is 13.7. The van der Waals surface area contributed by atoms with Crippen LogP contribution in [0.25, 0.3) is 0 Å². The van der Waals surface area contributed by atoms with Crippen molar-refractivity contribution in [3.8, 4) is 0 Å². The number of aryl methyl sites for hydroxylation is 1. The van der Waals surface area contributed by atoms with Gasteiger partial charge in [-0.05, 0) is 30.2 Å². The molecule has 1 unspecified atom stereocenters. The van der Waals surface area contributed by atoms with Crippen molar-refractivity contribution < 1.29 is 13.2 Å². The van der Waals surface area contributed by atoms with Crippen LogP contribution in [0, 0.1) is 24.4 Å². The molecule has 0 radical (unpaired) electrons. The Kier molecular flexibility index (Phi) is 3.83. The fourth-order valence-corrected chi connectivity index (χ4v) is 2.19. The molecule has 1 nitrogen and oxygen atoms in total. The molecule has 100 valence electrons. The van der Waals surface area contributed by atoms with Crippen molar-refractivity contribution in [1.82, 2.24) is 0 Å². The van der Waals surface area contributed by atoms with Crippen LogP contribution in [0.3, 0.4) is 0 Å². The Morgan fingerprint density at radius 3 is 2.26 bits per heavy atom. The van der Waals surface area contributed by atoms with Gasteiger partial charge in [-0.3, -0.25) is 0 Å². The van der Waals surface area contributed by atoms with E-state index in [1.54, 1.807) is 18.2 Å². The highest BCUT2D eigenvalue weighted by atomic mass is 35.5. The van der Waals surface area contributed by atoms with Crippen LogP contribution in [-0.2, 0) is 0 Å². The summed E-state index contributed by atoms with van der Waals surface area (Å²) in [5.41, 5.74) is 7.12. The van der Waals surface area contributed by atoms with Gasteiger partial charge in [-0.15, -0.1) is 0 Å². The Bertz CT molecular complexity index is 628. The second-order valence-electron chi connectivity index (χ2n) is 4.27. The molecule has 2 aromatic carbocycles. The molecule has 2 rings (SSSR count). The number of benzene rings is 2. The lowest BCUT2D eigenvalue weighted by Crippen LogP contribution is -2.15. The molecule has 0 aliphatic heterocycles. The Morgan fingerprint density at radius 2 is 1.63 bits per heavy atom. The van der Waals surface area contributed by atoms with Crippen LogP contribution in [0.5, 0.6) is 0 Å². The molecule has 1 atom stereocenters. The molecule has 0 bridgehead atoms. The van der Waals surface area contributed by atoms with Crippen molar-refractivity contribution in [1.29, 1.82) is 0 Å². The monoisotopic (exact) mass is 285 g/mol. The molecule has 0 fully saturated rings. The molecule has 5 heteroatoms. The van der Waals surface area contributed by atoms with Crippen molar-refractivity contribution in [3.05, 3.63) is 69.5 Å². The summed E-state index contributed by atoms with van der Waals surface area (Å²) in [7, 11) is 0. The van der Waals surface area contributed by atoms with E-state index in [1.807, 2.05) is 6.92 Å². The average molecular weight is 286 g/mol. The first-order chi connectivity index (χ1) is 8.91. The third-order valence-electron chi connectivity index (χ3n) is 2.89. The van der Waals surface area contributed by atoms with Gasteiger partial charge >= 0.3 is 0 Å². The highest BCUT2D eigenvalue weighted by Gasteiger charge is 2.20. The first kappa shape index (κ1) is 13.9. The Labute approximate surface area is 113 Å². The quantitative estimate of drug-likeness (QED) is 0.826. The minimum Gasteiger partial charge on any atom is -0.320 e. The fourth-order valence-electron chi connectivity index (χ4n) is 1.83. The predicted octanol–water partition coefficient (Wildman–Crippen LogP) is 4.11. The maximum atomic E-state index is 13.7. The summed E-state index contributed by atoms with van der Waals surface area (Å²) in [6.07, 6.45) is 0. The van der Waals surface area contributed by atoms with E-state index in [0.717, 1.165) is 17.7 Å². The van der Waals surface area contributed by atoms with E-state index < -0.39 is 23.5 Å². The lowest BCUT2D eigenvalue weighted by Gasteiger charge is -2.16. The van der Waals surface area contributed by atoms with Gasteiger partial charge in [-0.1, -0.05) is 29.8 Å². The SMILES string of the molecule is Cc1ccc(C(N)c2ccc(F)c(F)c2F)c(Cl)c1. The van der Waals surface area contributed by atoms with Gasteiger partial charge in [0.1, 0.15) is 0 Å². The molecule has 0 aromatic heterocycles. The predicted molar refractivity (Wildman–Crippen MR) is 68.5 cm³/mol. The van der Waals surface area contributed by atoms with Crippen LogP contribution in [0.1, 0.15) is 22.7 Å². The maximum Gasteiger partial charge on any atom is 0.194 e. The summed E-state index contributed by atoms with van der Waals surface area (Å²) < 4.78 is 39.7. The fraction of sp³-hybridized carbons (Fsp3) is 0.143. The summed E-state index contributed by atoms with van der Waals surface area (Å²) in [5, 5.41) is 0.358. The van der Waals surface area contributed by atoms with E-state index in [2.05, 4.69) is 0 Å². The average Bonchev–Trinajstić information content (AvgIpc) is 2.35. The lowest BCUT2D eigenvalue weighted by molar-refractivity contribution is 0.438. The van der Waals surface area contributed by atoms with Gasteiger partial charge in [-0.25, -0.2) is 13.2 Å². The molecular formula is C14H11ClF3N. The zero-order chi connectivity index (χ0) is 14.2. The standard InChI is InChI=1S/C14H11ClF3N/c1-7-2-3-8(10(15)6-7)14(19)9-4-5-11(16)13(18)12(9)17/h2-6,14H,19H2,1H3. The van der Waals surface area contributed by atoms with E-state index in [0.29, 0.717) is 10.6 Å². The summed E-state index contributed by atoms with van der Waals surface area (Å²) >= 11 is 6.03. The molecule has 0 amide bonds. The Hall–Kier alpha value is -1.52. The smallest absolute Gasteiger partial charge is 0.194 e. The second-order valence-corrected chi connectivity index (χ2v) is 4.67. The van der Waals surface area contributed by atoms with Crippen molar-refractivity contribution in [2.45, 2.75) is 13.0 Å². The number of halogens is 4. The highest BCUT2D eigenvalue weighted by Crippen LogP contribution is 2.30. The Morgan fingerprint density at radius 1 is 1.00 bits per heavy atom. The van der Waals surface area contributed by atoms with E-state index >= 15 is 0 Å². The number of nitrogens with two attached hydrogens (primary N) is 1. The third kappa shape index (κ3) is 2.60. The largest absolute Gasteiger partial charge is 0.320 e. The van der Waals surface area contributed by atoms with Gasteiger partial charge in [0.05, 0.1) is 6.04 Å². The first-order valence-corrected chi connectivity index (χ1v) is 5.94. The molecule has 0 aliphatic carbocycles. The molecule has 0 saturated heterocycles. The van der Waals surface area contributed by atoms with Crippen molar-refractivity contribution in [2.24, 2.45) is 5.73 Å². The van der Waals surface area contributed by atoms with Crippen LogP contribution in [-0.4, -0.2) is 0 Å². The summed E-state index contributed by atoms with van der Waals surface area (Å²) in [4.78, 5) is 0. The lowest BCUT2D eigenvalue weighted by atomic mass is 9.98. The molecule has 0 spiro atoms. The minimum atomic E-state index is -1.53. The topological polar surface area (TPSA) is 26.0 Å². The summed E-state index contributed by atoms with van der Waals surface area (Å²) in [5.74, 6) is -4.07. The third-order valence-corrected chi connectivity index (χ3v) is 3.22. The number of rotatable bonds is 2. The molecular weight excluding hydrogens is 275 g/mol. The van der Waals surface area contributed by atoms with E-state index in [1.165, 1.54) is 0 Å². The molecule has 19 heavy (non-hydrogen) atoms. The highest BCUT2D eigenvalue weighted by molar-refractivity contribution is 6.31. The molecule has 2 N–H and O–H groups in total. The summed E-state index contributed by atoms with van der Waals surface area (Å²) in [6, 6.07) is 6.09. The van der Waals surface area contributed by atoms with Crippen molar-refractivity contribution >= 4 is 11.6 Å². The molecule has 2 aromatic rings. The summed E-state index contributed by atoms with van der Waals surface area (Å²) in [6.45, 7) is 1.85. The molecule has 0 saturated carbocycles. The van der Waals surface area contributed by atoms with Crippen LogP contribution in [0.15, 0.2) is 30.3 Å². The minimum absolute atomic E-state index is 0.135.